The average Bonchev–Trinajstić information content (AvgIpc) is 3.78. The predicted molar refractivity (Wildman–Crippen MR) is 247 cm³/mol. The maximum Gasteiger partial charge on any atom is 0.311 e. The Morgan fingerprint density at radius 2 is 1.47 bits per heavy atom. The molecule has 2 unspecified atom stereocenters. The number of hydrazine groups is 1. The molecule has 3 aromatic rings. The number of para-hydroxylation sites is 1. The van der Waals surface area contributed by atoms with E-state index in [9.17, 15) is 13.2 Å². The van der Waals surface area contributed by atoms with Crippen LogP contribution in [0.2, 0.25) is 0 Å². The molecule has 0 saturated heterocycles. The molecule has 2 atom stereocenters. The van der Waals surface area contributed by atoms with Crippen molar-refractivity contribution in [2.24, 2.45) is 5.92 Å². The third-order valence-corrected chi connectivity index (χ3v) is 13.9. The van der Waals surface area contributed by atoms with Crippen molar-refractivity contribution in [3.8, 4) is 5.75 Å². The Morgan fingerprint density at radius 3 is 2.08 bits per heavy atom. The molecule has 1 aromatic heterocycles. The van der Waals surface area contributed by atoms with Crippen LogP contribution in [0.25, 0.3) is 0 Å². The van der Waals surface area contributed by atoms with E-state index in [2.05, 4.69) is 70.0 Å². The molecular formula is C49H79N5O5S. The first-order valence-electron chi connectivity index (χ1n) is 23.4. The first-order valence-corrected chi connectivity index (χ1v) is 24.9. The predicted octanol–water partition coefficient (Wildman–Crippen LogP) is 12.1. The Morgan fingerprint density at radius 1 is 0.833 bits per heavy atom. The van der Waals surface area contributed by atoms with Crippen molar-refractivity contribution in [3.05, 3.63) is 66.2 Å². The molecular weight excluding hydrogens is 771 g/mol. The number of carbonyl (C=O) groups is 1. The van der Waals surface area contributed by atoms with Gasteiger partial charge in [0.15, 0.2) is 0 Å². The van der Waals surface area contributed by atoms with Gasteiger partial charge in [0, 0.05) is 19.3 Å². The van der Waals surface area contributed by atoms with Crippen LogP contribution in [0.15, 0.2) is 59.9 Å². The highest BCUT2D eigenvalue weighted by molar-refractivity contribution is 7.89. The summed E-state index contributed by atoms with van der Waals surface area (Å²) >= 11 is 0. The van der Waals surface area contributed by atoms with Crippen LogP contribution in [0.3, 0.4) is 0 Å². The Labute approximate surface area is 364 Å². The fraction of sp³-hybridized carbons (Fsp3) is 0.673. The number of benzene rings is 2. The largest absolute Gasteiger partial charge is 0.491 e. The number of anilines is 2. The molecule has 0 fully saturated rings. The zero-order valence-electron chi connectivity index (χ0n) is 38.4. The Kier molecular flexibility index (Phi) is 20.8. The highest BCUT2D eigenvalue weighted by Crippen LogP contribution is 2.39. The molecule has 1 aliphatic rings. The number of esters is 1. The highest BCUT2D eigenvalue weighted by atomic mass is 32.2. The normalized spacial score (nSPS) is 14.9. The number of nitrogens with one attached hydrogen (secondary N) is 1. The highest BCUT2D eigenvalue weighted by Gasteiger charge is 2.41. The maximum absolute atomic E-state index is 14.2. The second-order valence-electron chi connectivity index (χ2n) is 18.0. The first-order chi connectivity index (χ1) is 28.9. The fourth-order valence-electron chi connectivity index (χ4n) is 8.07. The van der Waals surface area contributed by atoms with Crippen LogP contribution in [0.1, 0.15) is 174 Å². The van der Waals surface area contributed by atoms with Crippen molar-refractivity contribution in [1.82, 2.24) is 14.0 Å². The summed E-state index contributed by atoms with van der Waals surface area (Å²) in [6.07, 6.45) is 25.6. The molecule has 2 aromatic carbocycles. The summed E-state index contributed by atoms with van der Waals surface area (Å²) in [6, 6.07) is 13.5. The number of imidazole rings is 1. The number of sulfonamides is 1. The molecule has 60 heavy (non-hydrogen) atoms. The topological polar surface area (TPSA) is 106 Å². The van der Waals surface area contributed by atoms with Crippen LogP contribution in [0.5, 0.6) is 5.75 Å². The molecule has 0 saturated carbocycles. The van der Waals surface area contributed by atoms with Gasteiger partial charge in [-0.05, 0) is 54.0 Å². The van der Waals surface area contributed by atoms with E-state index < -0.39 is 10.0 Å². The molecule has 1 aliphatic heterocycles. The number of ether oxygens (including phenoxy) is 2. The van der Waals surface area contributed by atoms with Gasteiger partial charge in [0.25, 0.3) is 10.0 Å². The maximum atomic E-state index is 14.2. The van der Waals surface area contributed by atoms with Crippen LogP contribution in [0, 0.1) is 5.92 Å². The summed E-state index contributed by atoms with van der Waals surface area (Å²) in [5, 5.41) is 5.69. The number of carbonyl (C=O) groups excluding carboxylic acids is 1. The molecule has 10 nitrogen and oxygen atoms in total. The van der Waals surface area contributed by atoms with Crippen molar-refractivity contribution in [2.45, 2.75) is 180 Å². The van der Waals surface area contributed by atoms with Gasteiger partial charge in [0.2, 0.25) is 0 Å². The monoisotopic (exact) mass is 850 g/mol. The number of methoxy groups -OCH3 is 1. The van der Waals surface area contributed by atoms with Crippen LogP contribution >= 0.6 is 0 Å². The van der Waals surface area contributed by atoms with Gasteiger partial charge < -0.3 is 19.4 Å². The second kappa shape index (κ2) is 25.4. The number of hydrogen-bond donors (Lipinski definition) is 1. The summed E-state index contributed by atoms with van der Waals surface area (Å²) in [7, 11) is -2.37. The van der Waals surface area contributed by atoms with Gasteiger partial charge in [-0.15, -0.1) is 4.41 Å². The zero-order chi connectivity index (χ0) is 43.4. The summed E-state index contributed by atoms with van der Waals surface area (Å²) in [5.41, 5.74) is 3.29. The van der Waals surface area contributed by atoms with E-state index in [1.807, 2.05) is 27.9 Å². The quantitative estimate of drug-likeness (QED) is 0.0522. The molecule has 0 amide bonds. The Bertz CT molecular complexity index is 1800. The molecule has 4 rings (SSSR count). The summed E-state index contributed by atoms with van der Waals surface area (Å²) in [4.78, 5) is 17.1. The fourth-order valence-corrected chi connectivity index (χ4v) is 9.77. The molecule has 11 heteroatoms. The van der Waals surface area contributed by atoms with Crippen LogP contribution in [-0.2, 0) is 31.4 Å². The average molecular weight is 850 g/mol. The number of unbranched alkanes of at least 4 members (excludes halogenated alkanes) is 14. The lowest BCUT2D eigenvalue weighted by molar-refractivity contribution is -0.139. The molecule has 2 heterocycles. The molecule has 0 aliphatic carbocycles. The van der Waals surface area contributed by atoms with E-state index >= 15 is 0 Å². The minimum Gasteiger partial charge on any atom is -0.491 e. The van der Waals surface area contributed by atoms with Crippen molar-refractivity contribution in [3.63, 3.8) is 0 Å². The molecule has 1 N–H and O–H groups in total. The van der Waals surface area contributed by atoms with E-state index in [4.69, 9.17) is 9.47 Å². The summed E-state index contributed by atoms with van der Waals surface area (Å²) in [5.74, 6) is 0.927. The third-order valence-electron chi connectivity index (χ3n) is 12.1. The molecule has 0 radical (unpaired) electrons. The van der Waals surface area contributed by atoms with Gasteiger partial charge in [-0.25, -0.2) is 13.4 Å². The number of fused-ring (bicyclic) bond motifs is 1. The minimum atomic E-state index is -3.74. The Hall–Kier alpha value is -3.57. The van der Waals surface area contributed by atoms with E-state index in [1.165, 1.54) is 96.1 Å². The van der Waals surface area contributed by atoms with Gasteiger partial charge in [0.05, 0.1) is 56.1 Å². The molecule has 0 bridgehead atoms. The van der Waals surface area contributed by atoms with Gasteiger partial charge >= 0.3 is 5.97 Å². The molecule has 336 valence electrons. The van der Waals surface area contributed by atoms with Crippen molar-refractivity contribution < 1.29 is 22.7 Å². The van der Waals surface area contributed by atoms with Gasteiger partial charge in [-0.1, -0.05) is 162 Å². The van der Waals surface area contributed by atoms with Gasteiger partial charge in [-0.2, -0.15) is 0 Å². The van der Waals surface area contributed by atoms with Crippen LogP contribution < -0.4 is 15.1 Å². The van der Waals surface area contributed by atoms with E-state index in [0.717, 1.165) is 43.5 Å². The smallest absolute Gasteiger partial charge is 0.311 e. The number of aromatic nitrogens is 2. The first kappa shape index (κ1) is 49.1. The van der Waals surface area contributed by atoms with E-state index in [-0.39, 0.29) is 23.8 Å². The summed E-state index contributed by atoms with van der Waals surface area (Å²) in [6.45, 7) is 15.2. The minimum absolute atomic E-state index is 0.0536. The van der Waals surface area contributed by atoms with Gasteiger partial charge in [-0.3, -0.25) is 9.80 Å². The number of rotatable bonds is 30. The lowest BCUT2D eigenvalue weighted by atomic mass is 9.87. The SMILES string of the molecule is CCCCCCCCCCCCCCCCN1N(CC(CNc2cc(C(C)(C)C)ccc2OCC(CC)CCCC)n2cnc(CC(=O)OC)c2)c2ccccc2S1(=O)=O. The zero-order valence-corrected chi connectivity index (χ0v) is 39.2. The number of nitrogens with zero attached hydrogens (tertiary/aromatic N) is 4. The standard InChI is InChI=1S/C49H79N5O5S/c1-8-11-13-14-15-16-17-18-19-20-21-22-23-26-32-54-53(45-28-24-25-29-47(45)60(54,56)57)37-43(52-36-42(51-39-52)34-48(55)58-7)35-50-44-33-41(49(4,5)6)30-31-46(44)59-38-40(10-3)27-12-9-2/h24-25,28-31,33,36,39-40,43,50H,8-23,26-27,32,34-35,37-38H2,1-7H3. The van der Waals surface area contributed by atoms with E-state index in [1.54, 1.807) is 22.9 Å². The van der Waals surface area contributed by atoms with Gasteiger partial charge in [0.1, 0.15) is 10.6 Å². The lowest BCUT2D eigenvalue weighted by Gasteiger charge is -2.33. The van der Waals surface area contributed by atoms with E-state index in [0.29, 0.717) is 48.4 Å². The van der Waals surface area contributed by atoms with Crippen molar-refractivity contribution >= 4 is 27.4 Å². The lowest BCUT2D eigenvalue weighted by Crippen LogP contribution is -2.45. The van der Waals surface area contributed by atoms with Crippen LogP contribution in [-0.4, -0.2) is 61.7 Å². The second-order valence-corrected chi connectivity index (χ2v) is 19.8. The van der Waals surface area contributed by atoms with Crippen molar-refractivity contribution in [1.29, 1.82) is 0 Å². The Balaban J connectivity index is 1.50. The molecule has 0 spiro atoms. The number of hydrogen-bond acceptors (Lipinski definition) is 8. The van der Waals surface area contributed by atoms with Crippen molar-refractivity contribution in [2.75, 3.05) is 43.7 Å². The third kappa shape index (κ3) is 15.1. The summed E-state index contributed by atoms with van der Waals surface area (Å²) < 4.78 is 43.5. The van der Waals surface area contributed by atoms with Crippen LogP contribution in [0.4, 0.5) is 11.4 Å².